The molecule has 1 rings (SSSR count). The van der Waals surface area contributed by atoms with E-state index in [-0.39, 0.29) is 6.61 Å². The van der Waals surface area contributed by atoms with E-state index in [1.54, 1.807) is 12.1 Å². The van der Waals surface area contributed by atoms with Crippen molar-refractivity contribution in [1.82, 2.24) is 0 Å². The van der Waals surface area contributed by atoms with E-state index in [4.69, 9.17) is 33.7 Å². The molecule has 0 radical (unpaired) electrons. The van der Waals surface area contributed by atoms with Gasteiger partial charge in [0.1, 0.15) is 6.04 Å². The minimum atomic E-state index is -0.768. The SMILES string of the molecule is COCC(N)C(=O)Nc1c(Cl)cc(Br)cc1Cl. The van der Waals surface area contributed by atoms with Gasteiger partial charge in [0.15, 0.2) is 0 Å². The number of nitrogens with one attached hydrogen (secondary N) is 1. The number of rotatable bonds is 4. The van der Waals surface area contributed by atoms with E-state index in [0.717, 1.165) is 4.47 Å². The van der Waals surface area contributed by atoms with Gasteiger partial charge in [-0.05, 0) is 12.1 Å². The van der Waals surface area contributed by atoms with Gasteiger partial charge < -0.3 is 15.8 Å². The zero-order valence-electron chi connectivity index (χ0n) is 8.97. The lowest BCUT2D eigenvalue weighted by Crippen LogP contribution is -2.39. The molecule has 1 amide bonds. The van der Waals surface area contributed by atoms with E-state index >= 15 is 0 Å². The molecular weight excluding hydrogens is 331 g/mol. The van der Waals surface area contributed by atoms with E-state index in [1.807, 2.05) is 0 Å². The summed E-state index contributed by atoms with van der Waals surface area (Å²) in [6.45, 7) is 0.123. The number of nitrogens with two attached hydrogens (primary N) is 1. The van der Waals surface area contributed by atoms with Gasteiger partial charge in [0, 0.05) is 11.6 Å². The third-order valence-electron chi connectivity index (χ3n) is 1.94. The van der Waals surface area contributed by atoms with E-state index in [2.05, 4.69) is 21.2 Å². The summed E-state index contributed by atoms with van der Waals surface area (Å²) < 4.78 is 5.51. The van der Waals surface area contributed by atoms with Crippen LogP contribution in [0.5, 0.6) is 0 Å². The van der Waals surface area contributed by atoms with E-state index in [9.17, 15) is 4.79 Å². The normalized spacial score (nSPS) is 12.3. The third kappa shape index (κ3) is 4.12. The molecule has 0 aliphatic carbocycles. The Balaban J connectivity index is 2.85. The van der Waals surface area contributed by atoms with Crippen molar-refractivity contribution in [3.8, 4) is 0 Å². The Morgan fingerprint density at radius 3 is 2.53 bits per heavy atom. The van der Waals surface area contributed by atoms with Gasteiger partial charge in [-0.15, -0.1) is 0 Å². The second-order valence-corrected chi connectivity index (χ2v) is 5.03. The number of benzene rings is 1. The average molecular weight is 342 g/mol. The van der Waals surface area contributed by atoms with Crippen molar-refractivity contribution < 1.29 is 9.53 Å². The second-order valence-electron chi connectivity index (χ2n) is 3.30. The van der Waals surface area contributed by atoms with Crippen molar-refractivity contribution in [1.29, 1.82) is 0 Å². The largest absolute Gasteiger partial charge is 0.383 e. The monoisotopic (exact) mass is 340 g/mol. The van der Waals surface area contributed by atoms with Gasteiger partial charge >= 0.3 is 0 Å². The smallest absolute Gasteiger partial charge is 0.243 e. The fourth-order valence-electron chi connectivity index (χ4n) is 1.13. The van der Waals surface area contributed by atoms with Gasteiger partial charge in [-0.25, -0.2) is 0 Å². The van der Waals surface area contributed by atoms with Crippen molar-refractivity contribution in [3.63, 3.8) is 0 Å². The number of carbonyl (C=O) groups excluding carboxylic acids is 1. The van der Waals surface area contributed by atoms with Crippen molar-refractivity contribution in [2.75, 3.05) is 19.0 Å². The maximum absolute atomic E-state index is 11.6. The molecule has 0 aromatic heterocycles. The van der Waals surface area contributed by atoms with Crippen molar-refractivity contribution in [3.05, 3.63) is 26.7 Å². The summed E-state index contributed by atoms with van der Waals surface area (Å²) in [5.74, 6) is -0.405. The van der Waals surface area contributed by atoms with Gasteiger partial charge in [0.05, 0.1) is 22.3 Å². The molecule has 1 aromatic rings. The highest BCUT2D eigenvalue weighted by atomic mass is 79.9. The molecule has 17 heavy (non-hydrogen) atoms. The number of methoxy groups -OCH3 is 1. The Morgan fingerprint density at radius 2 is 2.06 bits per heavy atom. The molecule has 94 valence electrons. The summed E-state index contributed by atoms with van der Waals surface area (Å²) in [5, 5.41) is 3.23. The predicted octanol–water partition coefficient (Wildman–Crippen LogP) is 2.67. The molecule has 0 fully saturated rings. The number of hydrogen-bond acceptors (Lipinski definition) is 3. The van der Waals surface area contributed by atoms with Crippen LogP contribution in [0.3, 0.4) is 0 Å². The van der Waals surface area contributed by atoms with Gasteiger partial charge in [-0.2, -0.15) is 0 Å². The Kier molecular flexibility index (Phi) is 5.69. The second kappa shape index (κ2) is 6.56. The van der Waals surface area contributed by atoms with Crippen molar-refractivity contribution in [2.45, 2.75) is 6.04 Å². The number of anilines is 1. The van der Waals surface area contributed by atoms with Gasteiger partial charge in [0.25, 0.3) is 0 Å². The third-order valence-corrected chi connectivity index (χ3v) is 2.99. The fourth-order valence-corrected chi connectivity index (χ4v) is 2.44. The van der Waals surface area contributed by atoms with Crippen LogP contribution < -0.4 is 11.1 Å². The lowest BCUT2D eigenvalue weighted by atomic mass is 10.2. The molecule has 0 aliphatic heterocycles. The van der Waals surface area contributed by atoms with E-state index < -0.39 is 11.9 Å². The maximum atomic E-state index is 11.6. The molecule has 1 aromatic carbocycles. The summed E-state index contributed by atoms with van der Waals surface area (Å²) >= 11 is 15.2. The fraction of sp³-hybridized carbons (Fsp3) is 0.300. The van der Waals surface area contributed by atoms with E-state index in [1.165, 1.54) is 7.11 Å². The molecule has 0 saturated carbocycles. The van der Waals surface area contributed by atoms with Crippen LogP contribution in [-0.2, 0) is 9.53 Å². The van der Waals surface area contributed by atoms with Crippen LogP contribution in [0, 0.1) is 0 Å². The first-order valence-corrected chi connectivity index (χ1v) is 6.20. The predicted molar refractivity (Wildman–Crippen MR) is 72.6 cm³/mol. The zero-order valence-corrected chi connectivity index (χ0v) is 12.1. The number of amides is 1. The highest BCUT2D eigenvalue weighted by Crippen LogP contribution is 2.33. The first-order chi connectivity index (χ1) is 7.95. The summed E-state index contributed by atoms with van der Waals surface area (Å²) in [6, 6.07) is 2.49. The Bertz CT molecular complexity index is 406. The standard InChI is InChI=1S/C10H11BrCl2N2O2/c1-17-4-8(14)10(16)15-9-6(12)2-5(11)3-7(9)13/h2-3,8H,4,14H2,1H3,(H,15,16). The first-order valence-electron chi connectivity index (χ1n) is 4.65. The molecule has 1 unspecified atom stereocenters. The van der Waals surface area contributed by atoms with E-state index in [0.29, 0.717) is 15.7 Å². The summed E-state index contributed by atoms with van der Waals surface area (Å²) in [6.07, 6.45) is 0. The molecular formula is C10H11BrCl2N2O2. The molecule has 0 spiro atoms. The molecule has 0 bridgehead atoms. The quantitative estimate of drug-likeness (QED) is 0.884. The van der Waals surface area contributed by atoms with Gasteiger partial charge in [-0.3, -0.25) is 4.79 Å². The number of carbonyl (C=O) groups is 1. The highest BCUT2D eigenvalue weighted by molar-refractivity contribution is 9.10. The minimum Gasteiger partial charge on any atom is -0.383 e. The van der Waals surface area contributed by atoms with Crippen LogP contribution in [0.15, 0.2) is 16.6 Å². The van der Waals surface area contributed by atoms with Crippen molar-refractivity contribution >= 4 is 50.7 Å². The van der Waals surface area contributed by atoms with Crippen LogP contribution in [-0.4, -0.2) is 25.7 Å². The number of halogens is 3. The molecule has 4 nitrogen and oxygen atoms in total. The maximum Gasteiger partial charge on any atom is 0.243 e. The molecule has 7 heteroatoms. The summed E-state index contributed by atoms with van der Waals surface area (Å²) in [7, 11) is 1.47. The van der Waals surface area contributed by atoms with Crippen LogP contribution in [0.25, 0.3) is 0 Å². The Morgan fingerprint density at radius 1 is 1.53 bits per heavy atom. The number of hydrogen-bond donors (Lipinski definition) is 2. The van der Waals surface area contributed by atoms with Gasteiger partial charge in [-0.1, -0.05) is 39.1 Å². The zero-order chi connectivity index (χ0) is 13.0. The van der Waals surface area contributed by atoms with Crippen LogP contribution in [0.2, 0.25) is 10.0 Å². The van der Waals surface area contributed by atoms with Crippen molar-refractivity contribution in [2.24, 2.45) is 5.73 Å². The molecule has 0 aliphatic rings. The minimum absolute atomic E-state index is 0.123. The Hall–Kier alpha value is -0.330. The van der Waals surface area contributed by atoms with Crippen LogP contribution in [0.1, 0.15) is 0 Å². The average Bonchev–Trinajstić information content (AvgIpc) is 2.23. The lowest BCUT2D eigenvalue weighted by Gasteiger charge is -2.13. The Labute approximate surface area is 118 Å². The summed E-state index contributed by atoms with van der Waals surface area (Å²) in [4.78, 5) is 11.6. The number of ether oxygens (including phenoxy) is 1. The van der Waals surface area contributed by atoms with Crippen LogP contribution in [0.4, 0.5) is 5.69 Å². The highest BCUT2D eigenvalue weighted by Gasteiger charge is 2.16. The molecule has 1 atom stereocenters. The van der Waals surface area contributed by atoms with Crippen LogP contribution >= 0.6 is 39.1 Å². The van der Waals surface area contributed by atoms with Gasteiger partial charge in [0.2, 0.25) is 5.91 Å². The first kappa shape index (κ1) is 14.7. The molecule has 0 heterocycles. The topological polar surface area (TPSA) is 64.3 Å². The summed E-state index contributed by atoms with van der Waals surface area (Å²) in [5.41, 5.74) is 5.91. The lowest BCUT2D eigenvalue weighted by molar-refractivity contribution is -0.118. The molecule has 0 saturated heterocycles. The molecule has 3 N–H and O–H groups in total.